The molecule has 246 valence electrons. The fourth-order valence-corrected chi connectivity index (χ4v) is 11.1. The molecule has 0 N–H and O–H groups in total. The van der Waals surface area contributed by atoms with Gasteiger partial charge in [0, 0.05) is 27.5 Å². The van der Waals surface area contributed by atoms with Crippen LogP contribution in [0.3, 0.4) is 0 Å². The van der Waals surface area contributed by atoms with Crippen molar-refractivity contribution in [3.05, 3.63) is 164 Å². The maximum Gasteiger partial charge on any atom is 0.164 e. The summed E-state index contributed by atoms with van der Waals surface area (Å²) in [4.78, 5) is 15.3. The van der Waals surface area contributed by atoms with E-state index in [1.54, 1.807) is 0 Å². The molecule has 0 radical (unpaired) electrons. The third-order valence-electron chi connectivity index (χ3n) is 10.6. The van der Waals surface area contributed by atoms with E-state index in [4.69, 9.17) is 19.4 Å². The number of furan rings is 1. The standard InChI is InChI=1S/C47H33N3OSi/c1-52(2)41-23-13-21-36(31-16-8-4-9-17-31)44(41)38-27-25-34(29-42(38)52)47-49-45(32-18-10-5-11-19-32)48-46(50-47)33-24-26-37-40(28-33)51-39-22-12-20-35(43(37)39)30-14-6-3-7-15-30/h3-29H,1-2H3. The van der Waals surface area contributed by atoms with Crippen LogP contribution in [-0.2, 0) is 0 Å². The van der Waals surface area contributed by atoms with E-state index in [1.807, 2.05) is 30.3 Å². The number of hydrogen-bond donors (Lipinski definition) is 0. The normalized spacial score (nSPS) is 13.0. The molecule has 0 saturated carbocycles. The topological polar surface area (TPSA) is 51.8 Å². The molecule has 52 heavy (non-hydrogen) atoms. The van der Waals surface area contributed by atoms with Crippen LogP contribution in [0.4, 0.5) is 0 Å². The largest absolute Gasteiger partial charge is 0.456 e. The average Bonchev–Trinajstić information content (AvgIpc) is 3.70. The SMILES string of the molecule is C[Si]1(C)c2cc(-c3nc(-c4ccccc4)nc(-c4ccc5c(c4)oc4cccc(-c6ccccc6)c45)n3)ccc2-c2c(-c3ccccc3)cccc21. The van der Waals surface area contributed by atoms with Crippen molar-refractivity contribution in [2.75, 3.05) is 0 Å². The lowest BCUT2D eigenvalue weighted by atomic mass is 9.94. The minimum atomic E-state index is -2.02. The summed E-state index contributed by atoms with van der Waals surface area (Å²) in [5.74, 6) is 1.91. The number of benzene rings is 7. The van der Waals surface area contributed by atoms with Crippen LogP contribution in [0.5, 0.6) is 0 Å². The zero-order valence-corrected chi connectivity index (χ0v) is 29.8. The maximum atomic E-state index is 6.49. The predicted octanol–water partition coefficient (Wildman–Crippen LogP) is 10.9. The molecule has 5 heteroatoms. The van der Waals surface area contributed by atoms with E-state index in [0.29, 0.717) is 17.5 Å². The van der Waals surface area contributed by atoms with Gasteiger partial charge in [0.2, 0.25) is 0 Å². The summed E-state index contributed by atoms with van der Waals surface area (Å²) in [6.45, 7) is 4.91. The second-order valence-electron chi connectivity index (χ2n) is 14.0. The highest BCUT2D eigenvalue weighted by Crippen LogP contribution is 2.40. The second kappa shape index (κ2) is 11.8. The van der Waals surface area contributed by atoms with Crippen LogP contribution in [0.1, 0.15) is 0 Å². The van der Waals surface area contributed by atoms with Crippen molar-refractivity contribution in [3.8, 4) is 67.5 Å². The summed E-state index contributed by atoms with van der Waals surface area (Å²) >= 11 is 0. The van der Waals surface area contributed by atoms with Gasteiger partial charge in [0.25, 0.3) is 0 Å². The zero-order valence-electron chi connectivity index (χ0n) is 28.8. The first-order chi connectivity index (χ1) is 25.5. The van der Waals surface area contributed by atoms with E-state index >= 15 is 0 Å². The minimum absolute atomic E-state index is 0.612. The lowest BCUT2D eigenvalue weighted by molar-refractivity contribution is 0.669. The highest BCUT2D eigenvalue weighted by atomic mass is 28.3. The van der Waals surface area contributed by atoms with Crippen LogP contribution in [0, 0.1) is 0 Å². The number of fused-ring (bicyclic) bond motifs is 6. The number of rotatable bonds is 5. The molecule has 0 spiro atoms. The average molecular weight is 684 g/mol. The Balaban J connectivity index is 1.12. The Hall–Kier alpha value is -6.43. The van der Waals surface area contributed by atoms with Crippen LogP contribution >= 0.6 is 0 Å². The van der Waals surface area contributed by atoms with Gasteiger partial charge in [-0.15, -0.1) is 0 Å². The van der Waals surface area contributed by atoms with Crippen molar-refractivity contribution >= 4 is 40.4 Å². The Morgan fingerprint density at radius 2 is 0.962 bits per heavy atom. The first-order valence-corrected chi connectivity index (χ1v) is 20.7. The second-order valence-corrected chi connectivity index (χ2v) is 18.3. The van der Waals surface area contributed by atoms with E-state index in [-0.39, 0.29) is 0 Å². The summed E-state index contributed by atoms with van der Waals surface area (Å²) < 4.78 is 6.49. The first kappa shape index (κ1) is 30.4. The van der Waals surface area contributed by atoms with Gasteiger partial charge in [0.05, 0.1) is 0 Å². The molecule has 9 aromatic rings. The van der Waals surface area contributed by atoms with Gasteiger partial charge in [-0.1, -0.05) is 159 Å². The van der Waals surface area contributed by atoms with Gasteiger partial charge >= 0.3 is 0 Å². The third kappa shape index (κ3) is 4.85. The molecule has 1 aliphatic rings. The monoisotopic (exact) mass is 683 g/mol. The Labute approximate surface area is 303 Å². The Bertz CT molecular complexity index is 2810. The maximum absolute atomic E-state index is 6.49. The van der Waals surface area contributed by atoms with Crippen molar-refractivity contribution in [1.29, 1.82) is 0 Å². The van der Waals surface area contributed by atoms with Gasteiger partial charge in [-0.3, -0.25) is 0 Å². The van der Waals surface area contributed by atoms with Gasteiger partial charge in [0.15, 0.2) is 17.5 Å². The summed E-state index contributed by atoms with van der Waals surface area (Å²) in [7, 11) is -2.02. The Kier molecular flexibility index (Phi) is 6.91. The fraction of sp³-hybridized carbons (Fsp3) is 0.0426. The molecule has 7 aromatic carbocycles. The highest BCUT2D eigenvalue weighted by molar-refractivity contribution is 7.04. The van der Waals surface area contributed by atoms with Crippen molar-refractivity contribution in [1.82, 2.24) is 15.0 Å². The molecule has 3 heterocycles. The number of nitrogens with zero attached hydrogens (tertiary/aromatic N) is 3. The summed E-state index contributed by atoms with van der Waals surface area (Å²) in [6.07, 6.45) is 0. The van der Waals surface area contributed by atoms with Crippen molar-refractivity contribution < 1.29 is 4.42 Å². The smallest absolute Gasteiger partial charge is 0.164 e. The van der Waals surface area contributed by atoms with Crippen LogP contribution in [-0.4, -0.2) is 23.0 Å². The zero-order chi connectivity index (χ0) is 34.8. The van der Waals surface area contributed by atoms with Crippen LogP contribution in [0.25, 0.3) is 89.5 Å². The van der Waals surface area contributed by atoms with E-state index in [0.717, 1.165) is 49.8 Å². The van der Waals surface area contributed by atoms with Crippen LogP contribution in [0.2, 0.25) is 13.1 Å². The van der Waals surface area contributed by atoms with Gasteiger partial charge in [-0.05, 0) is 62.0 Å². The molecule has 4 nitrogen and oxygen atoms in total. The molecular formula is C47H33N3OSi. The van der Waals surface area contributed by atoms with Crippen LogP contribution < -0.4 is 10.4 Å². The minimum Gasteiger partial charge on any atom is -0.456 e. The highest BCUT2D eigenvalue weighted by Gasteiger charge is 2.39. The molecule has 0 saturated heterocycles. The lowest BCUT2D eigenvalue weighted by Crippen LogP contribution is -2.49. The van der Waals surface area contributed by atoms with Gasteiger partial charge in [-0.2, -0.15) is 0 Å². The molecular weight excluding hydrogens is 651 g/mol. The first-order valence-electron chi connectivity index (χ1n) is 17.7. The molecule has 0 atom stereocenters. The summed E-state index contributed by atoms with van der Waals surface area (Å²) in [5.41, 5.74) is 12.0. The number of aromatic nitrogens is 3. The molecule has 0 amide bonds. The molecule has 1 aliphatic heterocycles. The summed E-state index contributed by atoms with van der Waals surface area (Å²) in [6, 6.07) is 57.5. The fourth-order valence-electron chi connectivity index (χ4n) is 7.96. The van der Waals surface area contributed by atoms with Crippen LogP contribution in [0.15, 0.2) is 168 Å². The molecule has 2 aromatic heterocycles. The van der Waals surface area contributed by atoms with Gasteiger partial charge in [-0.25, -0.2) is 15.0 Å². The van der Waals surface area contributed by atoms with Crippen molar-refractivity contribution in [3.63, 3.8) is 0 Å². The summed E-state index contributed by atoms with van der Waals surface area (Å²) in [5, 5.41) is 5.05. The van der Waals surface area contributed by atoms with E-state index in [9.17, 15) is 0 Å². The van der Waals surface area contributed by atoms with Gasteiger partial charge < -0.3 is 4.42 Å². The Morgan fingerprint density at radius 1 is 0.404 bits per heavy atom. The molecule has 0 unspecified atom stereocenters. The quantitative estimate of drug-likeness (QED) is 0.169. The lowest BCUT2D eigenvalue weighted by Gasteiger charge is -2.19. The van der Waals surface area contributed by atoms with E-state index < -0.39 is 8.07 Å². The molecule has 10 rings (SSSR count). The van der Waals surface area contributed by atoms with Crippen molar-refractivity contribution in [2.24, 2.45) is 0 Å². The third-order valence-corrected chi connectivity index (χ3v) is 14.1. The number of hydrogen-bond acceptors (Lipinski definition) is 4. The molecule has 0 bridgehead atoms. The predicted molar refractivity (Wildman–Crippen MR) is 216 cm³/mol. The van der Waals surface area contributed by atoms with E-state index in [1.165, 1.54) is 32.6 Å². The molecule has 0 aliphatic carbocycles. The van der Waals surface area contributed by atoms with Crippen molar-refractivity contribution in [2.45, 2.75) is 13.1 Å². The van der Waals surface area contributed by atoms with Gasteiger partial charge in [0.1, 0.15) is 19.2 Å². The van der Waals surface area contributed by atoms with E-state index in [2.05, 4.69) is 147 Å². The Morgan fingerprint density at radius 3 is 1.65 bits per heavy atom. The molecule has 0 fully saturated rings.